The molecule has 1 rings (SSSR count). The Morgan fingerprint density at radius 2 is 2.16 bits per heavy atom. The Morgan fingerprint density at radius 3 is 2.79 bits per heavy atom. The molecule has 0 aliphatic heterocycles. The van der Waals surface area contributed by atoms with Crippen molar-refractivity contribution in [2.45, 2.75) is 65.5 Å². The maximum Gasteiger partial charge on any atom is 0.0683 e. The summed E-state index contributed by atoms with van der Waals surface area (Å²) in [6.07, 6.45) is 7.28. The van der Waals surface area contributed by atoms with Crippen LogP contribution >= 0.6 is 0 Å². The predicted octanol–water partition coefficient (Wildman–Crippen LogP) is 3.49. The van der Waals surface area contributed by atoms with Gasteiger partial charge in [0.2, 0.25) is 0 Å². The Labute approximate surface area is 117 Å². The molecule has 19 heavy (non-hydrogen) atoms. The highest BCUT2D eigenvalue weighted by Crippen LogP contribution is 2.22. The van der Waals surface area contributed by atoms with Crippen LogP contribution in [0.2, 0.25) is 0 Å². The minimum atomic E-state index is -0.190. The normalized spacial score (nSPS) is 13.2. The van der Waals surface area contributed by atoms with E-state index in [2.05, 4.69) is 35.9 Å². The van der Waals surface area contributed by atoms with Crippen LogP contribution in [-0.2, 0) is 13.0 Å². The molecule has 0 spiro atoms. The molecule has 3 nitrogen and oxygen atoms in total. The number of unbranched alkanes of at least 4 members (excludes halogenated alkanes) is 1. The Kier molecular flexibility index (Phi) is 6.11. The molecule has 0 saturated carbocycles. The molecule has 0 fully saturated rings. The van der Waals surface area contributed by atoms with Gasteiger partial charge < -0.3 is 10.3 Å². The fourth-order valence-electron chi connectivity index (χ4n) is 2.17. The lowest BCUT2D eigenvalue weighted by Gasteiger charge is -2.16. The van der Waals surface area contributed by atoms with Gasteiger partial charge in [0.15, 0.2) is 0 Å². The van der Waals surface area contributed by atoms with Crippen molar-refractivity contribution in [3.63, 3.8) is 0 Å². The maximum atomic E-state index is 8.98. The molecule has 0 saturated heterocycles. The fraction of sp³-hybridized carbons (Fsp3) is 0.688. The monoisotopic (exact) mass is 261 g/mol. The summed E-state index contributed by atoms with van der Waals surface area (Å²) in [7, 11) is 0. The molecule has 0 radical (unpaired) electrons. The first-order chi connectivity index (χ1) is 8.98. The lowest BCUT2D eigenvalue weighted by Crippen LogP contribution is -2.23. The van der Waals surface area contributed by atoms with Crippen molar-refractivity contribution in [3.8, 4) is 6.07 Å². The lowest BCUT2D eigenvalue weighted by molar-refractivity contribution is 0.415. The SMILES string of the molecule is CCC(N)Cc1cccn1CCCCC(C)(C)C#N. The number of nitrogens with two attached hydrogens (primary N) is 1. The van der Waals surface area contributed by atoms with Gasteiger partial charge in [0, 0.05) is 30.9 Å². The van der Waals surface area contributed by atoms with Gasteiger partial charge >= 0.3 is 0 Å². The lowest BCUT2D eigenvalue weighted by atomic mass is 9.89. The van der Waals surface area contributed by atoms with Crippen LogP contribution in [0.5, 0.6) is 0 Å². The number of aromatic nitrogens is 1. The average Bonchev–Trinajstić information content (AvgIpc) is 2.82. The van der Waals surface area contributed by atoms with Gasteiger partial charge in [-0.1, -0.05) is 13.3 Å². The third kappa shape index (κ3) is 5.48. The zero-order valence-corrected chi connectivity index (χ0v) is 12.5. The quantitative estimate of drug-likeness (QED) is 0.728. The van der Waals surface area contributed by atoms with E-state index in [1.165, 1.54) is 5.69 Å². The molecule has 0 aromatic carbocycles. The first-order valence-electron chi connectivity index (χ1n) is 7.29. The highest BCUT2D eigenvalue weighted by Gasteiger charge is 2.15. The highest BCUT2D eigenvalue weighted by molar-refractivity contribution is 5.08. The highest BCUT2D eigenvalue weighted by atomic mass is 15.0. The molecule has 1 heterocycles. The summed E-state index contributed by atoms with van der Waals surface area (Å²) in [6.45, 7) is 7.17. The first-order valence-corrected chi connectivity index (χ1v) is 7.29. The zero-order valence-electron chi connectivity index (χ0n) is 12.5. The topological polar surface area (TPSA) is 54.7 Å². The number of aryl methyl sites for hydroxylation is 1. The van der Waals surface area contributed by atoms with Crippen LogP contribution in [-0.4, -0.2) is 10.6 Å². The second-order valence-electron chi connectivity index (χ2n) is 6.02. The van der Waals surface area contributed by atoms with Gasteiger partial charge in [0.1, 0.15) is 0 Å². The zero-order chi connectivity index (χ0) is 14.3. The van der Waals surface area contributed by atoms with Crippen molar-refractivity contribution in [1.82, 2.24) is 4.57 Å². The van der Waals surface area contributed by atoms with Crippen molar-refractivity contribution < 1.29 is 0 Å². The second-order valence-corrected chi connectivity index (χ2v) is 6.02. The Bertz CT molecular complexity index is 412. The predicted molar refractivity (Wildman–Crippen MR) is 79.6 cm³/mol. The van der Waals surface area contributed by atoms with E-state index in [1.54, 1.807) is 0 Å². The smallest absolute Gasteiger partial charge is 0.0683 e. The van der Waals surface area contributed by atoms with E-state index >= 15 is 0 Å². The minimum Gasteiger partial charge on any atom is -0.351 e. The summed E-state index contributed by atoms with van der Waals surface area (Å²) < 4.78 is 2.30. The van der Waals surface area contributed by atoms with E-state index in [-0.39, 0.29) is 11.5 Å². The van der Waals surface area contributed by atoms with Crippen LogP contribution in [0.1, 0.15) is 52.1 Å². The third-order valence-corrected chi connectivity index (χ3v) is 3.67. The number of nitrogens with zero attached hydrogens (tertiary/aromatic N) is 2. The van der Waals surface area contributed by atoms with E-state index in [0.29, 0.717) is 0 Å². The van der Waals surface area contributed by atoms with E-state index in [4.69, 9.17) is 11.0 Å². The van der Waals surface area contributed by atoms with Crippen LogP contribution in [0, 0.1) is 16.7 Å². The van der Waals surface area contributed by atoms with E-state index in [9.17, 15) is 0 Å². The van der Waals surface area contributed by atoms with E-state index in [0.717, 1.165) is 38.6 Å². The molecule has 3 heteroatoms. The molecule has 0 bridgehead atoms. The Hall–Kier alpha value is -1.27. The number of rotatable bonds is 8. The van der Waals surface area contributed by atoms with Gasteiger partial charge in [-0.15, -0.1) is 0 Å². The molecule has 1 unspecified atom stereocenters. The molecule has 0 amide bonds. The maximum absolute atomic E-state index is 8.98. The van der Waals surface area contributed by atoms with Crippen LogP contribution < -0.4 is 5.73 Å². The molecule has 0 aliphatic rings. The van der Waals surface area contributed by atoms with Gasteiger partial charge in [-0.2, -0.15) is 5.26 Å². The molecular formula is C16H27N3. The Morgan fingerprint density at radius 1 is 1.42 bits per heavy atom. The molecule has 2 N–H and O–H groups in total. The summed E-state index contributed by atoms with van der Waals surface area (Å²) in [5.74, 6) is 0. The van der Waals surface area contributed by atoms with Gasteiger partial charge in [-0.05, 0) is 45.2 Å². The van der Waals surface area contributed by atoms with E-state index in [1.807, 2.05) is 13.8 Å². The first kappa shape index (κ1) is 15.8. The summed E-state index contributed by atoms with van der Waals surface area (Å²) >= 11 is 0. The van der Waals surface area contributed by atoms with Crippen LogP contribution in [0.15, 0.2) is 18.3 Å². The molecule has 1 atom stereocenters. The van der Waals surface area contributed by atoms with Gasteiger partial charge in [-0.3, -0.25) is 0 Å². The molecule has 1 aromatic rings. The molecular weight excluding hydrogens is 234 g/mol. The fourth-order valence-corrected chi connectivity index (χ4v) is 2.17. The summed E-state index contributed by atoms with van der Waals surface area (Å²) in [5.41, 5.74) is 7.15. The number of hydrogen-bond acceptors (Lipinski definition) is 2. The third-order valence-electron chi connectivity index (χ3n) is 3.67. The van der Waals surface area contributed by atoms with Crippen molar-refractivity contribution in [3.05, 3.63) is 24.0 Å². The van der Waals surface area contributed by atoms with Gasteiger partial charge in [0.05, 0.1) is 11.5 Å². The van der Waals surface area contributed by atoms with Gasteiger partial charge in [-0.25, -0.2) is 0 Å². The van der Waals surface area contributed by atoms with E-state index < -0.39 is 0 Å². The second kappa shape index (κ2) is 7.35. The van der Waals surface area contributed by atoms with Crippen molar-refractivity contribution in [1.29, 1.82) is 5.26 Å². The summed E-state index contributed by atoms with van der Waals surface area (Å²) in [5, 5.41) is 8.98. The van der Waals surface area contributed by atoms with Gasteiger partial charge in [0.25, 0.3) is 0 Å². The standard InChI is InChI=1S/C16H27N3/c1-4-14(18)12-15-8-7-11-19(15)10-6-5-9-16(2,3)13-17/h7-8,11,14H,4-6,9-10,12,18H2,1-3H3. The molecule has 1 aromatic heterocycles. The summed E-state index contributed by atoms with van der Waals surface area (Å²) in [4.78, 5) is 0. The molecule has 0 aliphatic carbocycles. The van der Waals surface area contributed by atoms with Crippen LogP contribution in [0.4, 0.5) is 0 Å². The number of hydrogen-bond donors (Lipinski definition) is 1. The van der Waals surface area contributed by atoms with Crippen molar-refractivity contribution in [2.24, 2.45) is 11.1 Å². The number of nitriles is 1. The Balaban J connectivity index is 2.38. The largest absolute Gasteiger partial charge is 0.351 e. The van der Waals surface area contributed by atoms with Crippen molar-refractivity contribution in [2.75, 3.05) is 0 Å². The molecule has 106 valence electrons. The van der Waals surface area contributed by atoms with Crippen LogP contribution in [0.3, 0.4) is 0 Å². The minimum absolute atomic E-state index is 0.190. The van der Waals surface area contributed by atoms with Crippen LogP contribution in [0.25, 0.3) is 0 Å². The summed E-state index contributed by atoms with van der Waals surface area (Å²) in [6, 6.07) is 6.87. The average molecular weight is 261 g/mol. The van der Waals surface area contributed by atoms with Crippen molar-refractivity contribution >= 4 is 0 Å².